The lowest BCUT2D eigenvalue weighted by Crippen LogP contribution is -2.29. The number of aromatic nitrogens is 1. The number of benzene rings is 3. The van der Waals surface area contributed by atoms with E-state index in [4.69, 9.17) is 4.74 Å². The highest BCUT2D eigenvalue weighted by Gasteiger charge is 2.48. The Balaban J connectivity index is 1.53. The van der Waals surface area contributed by atoms with E-state index in [9.17, 15) is 19.1 Å². The Labute approximate surface area is 217 Å². The molecule has 0 bridgehead atoms. The van der Waals surface area contributed by atoms with Crippen LogP contribution in [0.25, 0.3) is 16.0 Å². The number of rotatable bonds is 3. The molecule has 1 saturated heterocycles. The third kappa shape index (κ3) is 3.70. The molecular weight excluding hydrogens is 547 g/mol. The Kier molecular flexibility index (Phi) is 5.42. The van der Waals surface area contributed by atoms with Gasteiger partial charge in [0.05, 0.1) is 21.8 Å². The lowest BCUT2D eigenvalue weighted by Gasteiger charge is -2.23. The molecule has 1 amide bonds. The van der Waals surface area contributed by atoms with Crippen molar-refractivity contribution in [2.24, 2.45) is 0 Å². The second-order valence-electron chi connectivity index (χ2n) is 8.78. The highest BCUT2D eigenvalue weighted by Crippen LogP contribution is 2.45. The van der Waals surface area contributed by atoms with Crippen LogP contribution in [0.5, 0.6) is 5.75 Å². The standard InChI is InChI=1S/C27H18BrFN2O4S/c1-13-10-16-11-15(4-9-20(16)35-13)24(32)22-23(14-2-5-17(28)6-3-14)31(26(34)25(22)33)27-30-19-8-7-18(29)12-21(19)36-27/h2-9,11-13,23,32H,10H2,1H3/t13-,23-/m1/s1. The van der Waals surface area contributed by atoms with Crippen molar-refractivity contribution in [3.8, 4) is 5.75 Å². The number of thiazole rings is 1. The van der Waals surface area contributed by atoms with E-state index in [2.05, 4.69) is 20.9 Å². The molecule has 3 aromatic carbocycles. The molecule has 2 atom stereocenters. The average molecular weight is 565 g/mol. The van der Waals surface area contributed by atoms with Gasteiger partial charge in [-0.1, -0.05) is 39.4 Å². The monoisotopic (exact) mass is 564 g/mol. The van der Waals surface area contributed by atoms with Crippen molar-refractivity contribution in [2.45, 2.75) is 25.5 Å². The van der Waals surface area contributed by atoms with E-state index in [1.807, 2.05) is 6.92 Å². The number of anilines is 1. The smallest absolute Gasteiger partial charge is 0.301 e. The number of aliphatic hydroxyl groups excluding tert-OH is 1. The van der Waals surface area contributed by atoms with Gasteiger partial charge in [-0.2, -0.15) is 0 Å². The zero-order valence-electron chi connectivity index (χ0n) is 18.9. The maximum absolute atomic E-state index is 13.8. The van der Waals surface area contributed by atoms with E-state index in [0.717, 1.165) is 27.1 Å². The average Bonchev–Trinajstić information content (AvgIpc) is 3.51. The largest absolute Gasteiger partial charge is 0.507 e. The van der Waals surface area contributed by atoms with Gasteiger partial charge in [-0.15, -0.1) is 0 Å². The number of aliphatic hydroxyl groups is 1. The SMILES string of the molecule is C[C@@H]1Cc2cc(C(O)=C3C(=O)C(=O)N(c4nc5ccc(F)cc5s4)[C@@H]3c3ccc(Br)cc3)ccc2O1. The van der Waals surface area contributed by atoms with Crippen molar-refractivity contribution in [3.63, 3.8) is 0 Å². The molecule has 4 aromatic rings. The van der Waals surface area contributed by atoms with E-state index >= 15 is 0 Å². The molecule has 0 saturated carbocycles. The van der Waals surface area contributed by atoms with E-state index < -0.39 is 23.5 Å². The van der Waals surface area contributed by atoms with Crippen LogP contribution in [-0.4, -0.2) is 27.9 Å². The normalized spacial score (nSPS) is 20.7. The molecule has 0 aliphatic carbocycles. The summed E-state index contributed by atoms with van der Waals surface area (Å²) in [5.41, 5.74) is 2.47. The Morgan fingerprint density at radius 3 is 2.69 bits per heavy atom. The molecule has 1 aromatic heterocycles. The van der Waals surface area contributed by atoms with Crippen molar-refractivity contribution in [1.29, 1.82) is 0 Å². The Morgan fingerprint density at radius 2 is 1.92 bits per heavy atom. The molecule has 6 nitrogen and oxygen atoms in total. The quantitative estimate of drug-likeness (QED) is 0.183. The van der Waals surface area contributed by atoms with Gasteiger partial charge in [0, 0.05) is 16.5 Å². The lowest BCUT2D eigenvalue weighted by atomic mass is 9.94. The lowest BCUT2D eigenvalue weighted by molar-refractivity contribution is -0.132. The van der Waals surface area contributed by atoms with Crippen LogP contribution < -0.4 is 9.64 Å². The molecular formula is C27H18BrFN2O4S. The summed E-state index contributed by atoms with van der Waals surface area (Å²) in [6.45, 7) is 1.96. The number of Topliss-reactive ketones (excluding diaryl/α,β-unsaturated/α-hetero) is 1. The first-order valence-corrected chi connectivity index (χ1v) is 12.8. The minimum atomic E-state index is -0.910. The molecule has 2 aliphatic rings. The summed E-state index contributed by atoms with van der Waals surface area (Å²) in [4.78, 5) is 32.6. The molecule has 0 unspecified atom stereocenters. The summed E-state index contributed by atoms with van der Waals surface area (Å²) in [5.74, 6) is -1.55. The van der Waals surface area contributed by atoms with E-state index in [0.29, 0.717) is 27.8 Å². The molecule has 9 heteroatoms. The van der Waals surface area contributed by atoms with Crippen LogP contribution in [0.1, 0.15) is 29.7 Å². The minimum Gasteiger partial charge on any atom is -0.507 e. The fourth-order valence-electron chi connectivity index (χ4n) is 4.70. The predicted molar refractivity (Wildman–Crippen MR) is 139 cm³/mol. The first-order chi connectivity index (χ1) is 17.3. The van der Waals surface area contributed by atoms with Crippen LogP contribution in [0.15, 0.2) is 70.7 Å². The molecule has 6 rings (SSSR count). The van der Waals surface area contributed by atoms with Crippen LogP contribution in [0.4, 0.5) is 9.52 Å². The minimum absolute atomic E-state index is 0.0228. The van der Waals surface area contributed by atoms with Gasteiger partial charge < -0.3 is 9.84 Å². The van der Waals surface area contributed by atoms with Crippen LogP contribution in [-0.2, 0) is 16.0 Å². The van der Waals surface area contributed by atoms with Gasteiger partial charge in [0.1, 0.15) is 23.4 Å². The second kappa shape index (κ2) is 8.53. The molecule has 3 heterocycles. The number of halogens is 2. The first-order valence-electron chi connectivity index (χ1n) is 11.2. The zero-order chi connectivity index (χ0) is 25.1. The zero-order valence-corrected chi connectivity index (χ0v) is 21.3. The van der Waals surface area contributed by atoms with E-state index in [1.165, 1.54) is 23.1 Å². The van der Waals surface area contributed by atoms with Crippen molar-refractivity contribution in [3.05, 3.63) is 93.2 Å². The van der Waals surface area contributed by atoms with E-state index in [1.54, 1.807) is 42.5 Å². The van der Waals surface area contributed by atoms with Crippen molar-refractivity contribution >= 4 is 60.1 Å². The van der Waals surface area contributed by atoms with Crippen LogP contribution in [0.3, 0.4) is 0 Å². The number of fused-ring (bicyclic) bond motifs is 2. The summed E-state index contributed by atoms with van der Waals surface area (Å²) in [5, 5.41) is 11.6. The number of nitrogens with zero attached hydrogens (tertiary/aromatic N) is 2. The van der Waals surface area contributed by atoms with Crippen molar-refractivity contribution in [1.82, 2.24) is 4.98 Å². The van der Waals surface area contributed by atoms with Crippen LogP contribution in [0, 0.1) is 5.82 Å². The van der Waals surface area contributed by atoms with Crippen molar-refractivity contribution in [2.75, 3.05) is 4.90 Å². The number of hydrogen-bond acceptors (Lipinski definition) is 6. The summed E-state index contributed by atoms with van der Waals surface area (Å²) < 4.78 is 20.9. The maximum atomic E-state index is 13.8. The molecule has 1 fully saturated rings. The fourth-order valence-corrected chi connectivity index (χ4v) is 5.99. The third-order valence-electron chi connectivity index (χ3n) is 6.34. The van der Waals surface area contributed by atoms with Gasteiger partial charge in [-0.3, -0.25) is 14.5 Å². The van der Waals surface area contributed by atoms with Gasteiger partial charge >= 0.3 is 5.91 Å². The number of ketones is 1. The van der Waals surface area contributed by atoms with Gasteiger partial charge in [0.25, 0.3) is 5.78 Å². The Bertz CT molecular complexity index is 1600. The Hall–Kier alpha value is -3.56. The summed E-state index contributed by atoms with van der Waals surface area (Å²) in [6.07, 6.45) is 0.707. The van der Waals surface area contributed by atoms with Crippen molar-refractivity contribution < 1.29 is 23.8 Å². The number of amides is 1. The van der Waals surface area contributed by atoms with Crippen LogP contribution in [0.2, 0.25) is 0 Å². The van der Waals surface area contributed by atoms with Gasteiger partial charge in [0.2, 0.25) is 0 Å². The third-order valence-corrected chi connectivity index (χ3v) is 7.89. The topological polar surface area (TPSA) is 79.7 Å². The molecule has 0 spiro atoms. The van der Waals surface area contributed by atoms with Gasteiger partial charge in [-0.25, -0.2) is 9.37 Å². The fraction of sp³-hybridized carbons (Fsp3) is 0.148. The number of carbonyl (C=O) groups excluding carboxylic acids is 2. The highest BCUT2D eigenvalue weighted by molar-refractivity contribution is 9.10. The highest BCUT2D eigenvalue weighted by atomic mass is 79.9. The maximum Gasteiger partial charge on any atom is 0.301 e. The molecule has 180 valence electrons. The predicted octanol–water partition coefficient (Wildman–Crippen LogP) is 6.15. The number of carbonyl (C=O) groups is 2. The van der Waals surface area contributed by atoms with Gasteiger partial charge in [0.15, 0.2) is 5.13 Å². The Morgan fingerprint density at radius 1 is 1.14 bits per heavy atom. The summed E-state index contributed by atoms with van der Waals surface area (Å²) in [7, 11) is 0. The van der Waals surface area contributed by atoms with Crippen LogP contribution >= 0.6 is 27.3 Å². The molecule has 36 heavy (non-hydrogen) atoms. The molecule has 1 N–H and O–H groups in total. The molecule has 2 aliphatic heterocycles. The number of ether oxygens (including phenoxy) is 1. The number of hydrogen-bond donors (Lipinski definition) is 1. The summed E-state index contributed by atoms with van der Waals surface area (Å²) >= 11 is 4.53. The molecule has 0 radical (unpaired) electrons. The first kappa shape index (κ1) is 22.9. The van der Waals surface area contributed by atoms with Gasteiger partial charge in [-0.05, 0) is 66.6 Å². The summed E-state index contributed by atoms with van der Waals surface area (Å²) in [6, 6.07) is 15.7. The second-order valence-corrected chi connectivity index (χ2v) is 10.7. The van der Waals surface area contributed by atoms with E-state index in [-0.39, 0.29) is 22.6 Å².